The average molecular weight is 355 g/mol. The lowest BCUT2D eigenvalue weighted by atomic mass is 9.74. The maximum Gasteiger partial charge on any atom is 0.317 e. The number of benzene rings is 1. The molecule has 26 heavy (non-hydrogen) atoms. The number of carbonyl (C=O) groups is 2. The predicted octanol–water partition coefficient (Wildman–Crippen LogP) is 1.36. The van der Waals surface area contributed by atoms with Crippen molar-refractivity contribution in [2.75, 3.05) is 13.1 Å². The van der Waals surface area contributed by atoms with Crippen molar-refractivity contribution in [3.63, 3.8) is 0 Å². The van der Waals surface area contributed by atoms with Crippen molar-refractivity contribution in [2.24, 2.45) is 5.73 Å². The lowest BCUT2D eigenvalue weighted by Crippen LogP contribution is -2.48. The first-order chi connectivity index (χ1) is 12.6. The van der Waals surface area contributed by atoms with E-state index in [1.54, 1.807) is 0 Å². The Morgan fingerprint density at radius 1 is 1.23 bits per heavy atom. The van der Waals surface area contributed by atoms with Crippen LogP contribution in [-0.4, -0.2) is 40.1 Å². The van der Waals surface area contributed by atoms with E-state index in [0.717, 1.165) is 32.4 Å². The Morgan fingerprint density at radius 2 is 2.00 bits per heavy atom. The van der Waals surface area contributed by atoms with Crippen molar-refractivity contribution >= 4 is 11.9 Å². The summed E-state index contributed by atoms with van der Waals surface area (Å²) in [6.07, 6.45) is 4.25. The van der Waals surface area contributed by atoms with Gasteiger partial charge in [-0.25, -0.2) is 4.79 Å². The molecule has 136 valence electrons. The monoisotopic (exact) mass is 355 g/mol. The van der Waals surface area contributed by atoms with Gasteiger partial charge in [-0.15, -0.1) is 0 Å². The molecule has 0 radical (unpaired) electrons. The number of urea groups is 1. The SMILES string of the molecule is NC(=O)c1nc(CNC(=O)N2CCC3(CCc4ccccc43)CC2)no1. The lowest BCUT2D eigenvalue weighted by molar-refractivity contribution is 0.0958. The molecule has 2 heterocycles. The fraction of sp³-hybridized carbons (Fsp3) is 0.444. The van der Waals surface area contributed by atoms with Crippen molar-refractivity contribution in [3.05, 3.63) is 47.1 Å². The molecule has 3 N–H and O–H groups in total. The molecular formula is C18H21N5O3. The van der Waals surface area contributed by atoms with E-state index in [4.69, 9.17) is 10.3 Å². The number of nitrogens with zero attached hydrogens (tertiary/aromatic N) is 3. The third-order valence-electron chi connectivity index (χ3n) is 5.55. The van der Waals surface area contributed by atoms with Crippen LogP contribution in [0.15, 0.2) is 28.8 Å². The van der Waals surface area contributed by atoms with E-state index in [1.807, 2.05) is 4.90 Å². The molecule has 1 aromatic carbocycles. The van der Waals surface area contributed by atoms with Gasteiger partial charge >= 0.3 is 17.8 Å². The number of aryl methyl sites for hydroxylation is 1. The lowest BCUT2D eigenvalue weighted by Gasteiger charge is -2.40. The summed E-state index contributed by atoms with van der Waals surface area (Å²) < 4.78 is 4.70. The quantitative estimate of drug-likeness (QED) is 0.863. The number of aromatic nitrogens is 2. The van der Waals surface area contributed by atoms with Gasteiger partial charge in [0, 0.05) is 13.1 Å². The van der Waals surface area contributed by atoms with E-state index in [-0.39, 0.29) is 29.7 Å². The molecule has 8 heteroatoms. The molecule has 0 unspecified atom stereocenters. The van der Waals surface area contributed by atoms with Crippen molar-refractivity contribution in [3.8, 4) is 0 Å². The Hall–Kier alpha value is -2.90. The summed E-state index contributed by atoms with van der Waals surface area (Å²) in [7, 11) is 0. The summed E-state index contributed by atoms with van der Waals surface area (Å²) in [6, 6.07) is 8.51. The number of likely N-dealkylation sites (tertiary alicyclic amines) is 1. The Kier molecular flexibility index (Phi) is 4.10. The second-order valence-corrected chi connectivity index (χ2v) is 6.96. The van der Waals surface area contributed by atoms with Gasteiger partial charge in [-0.3, -0.25) is 4.79 Å². The largest absolute Gasteiger partial charge is 0.361 e. The first-order valence-corrected chi connectivity index (χ1v) is 8.81. The molecular weight excluding hydrogens is 334 g/mol. The summed E-state index contributed by atoms with van der Waals surface area (Å²) >= 11 is 0. The van der Waals surface area contributed by atoms with Gasteiger partial charge in [0.2, 0.25) is 0 Å². The van der Waals surface area contributed by atoms with Crippen LogP contribution in [0.4, 0.5) is 4.79 Å². The van der Waals surface area contributed by atoms with Gasteiger partial charge in [0.15, 0.2) is 5.82 Å². The van der Waals surface area contributed by atoms with Crippen molar-refractivity contribution in [1.82, 2.24) is 20.4 Å². The molecule has 3 amide bonds. The maximum atomic E-state index is 12.4. The van der Waals surface area contributed by atoms with Crippen LogP contribution in [0.1, 0.15) is 46.9 Å². The van der Waals surface area contributed by atoms with E-state index >= 15 is 0 Å². The summed E-state index contributed by atoms with van der Waals surface area (Å²) in [5.74, 6) is -0.812. The van der Waals surface area contributed by atoms with Crippen molar-refractivity contribution < 1.29 is 14.1 Å². The van der Waals surface area contributed by atoms with Gasteiger partial charge in [0.05, 0.1) is 6.54 Å². The molecule has 1 aliphatic heterocycles. The zero-order valence-electron chi connectivity index (χ0n) is 14.4. The van der Waals surface area contributed by atoms with Gasteiger partial charge < -0.3 is 20.5 Å². The van der Waals surface area contributed by atoms with Crippen LogP contribution < -0.4 is 11.1 Å². The van der Waals surface area contributed by atoms with E-state index in [2.05, 4.69) is 39.7 Å². The molecule has 1 fully saturated rings. The van der Waals surface area contributed by atoms with E-state index in [9.17, 15) is 9.59 Å². The van der Waals surface area contributed by atoms with E-state index in [1.165, 1.54) is 17.5 Å². The number of nitrogens with two attached hydrogens (primary N) is 1. The number of hydrogen-bond donors (Lipinski definition) is 2. The minimum absolute atomic E-state index is 0.0973. The number of hydrogen-bond acceptors (Lipinski definition) is 5. The fourth-order valence-electron chi connectivity index (χ4n) is 4.11. The topological polar surface area (TPSA) is 114 Å². The second kappa shape index (κ2) is 6.44. The van der Waals surface area contributed by atoms with Crippen molar-refractivity contribution in [1.29, 1.82) is 0 Å². The first kappa shape index (κ1) is 16.6. The van der Waals surface area contributed by atoms with Crippen LogP contribution in [0.2, 0.25) is 0 Å². The molecule has 4 rings (SSSR count). The number of amides is 3. The minimum Gasteiger partial charge on any atom is -0.361 e. The smallest absolute Gasteiger partial charge is 0.317 e. The van der Waals surface area contributed by atoms with Crippen LogP contribution in [0.5, 0.6) is 0 Å². The normalized spacial score (nSPS) is 17.9. The highest BCUT2D eigenvalue weighted by Gasteiger charge is 2.41. The number of nitrogens with one attached hydrogen (secondary N) is 1. The Balaban J connectivity index is 1.33. The Morgan fingerprint density at radius 3 is 2.73 bits per heavy atom. The number of primary amides is 1. The Bertz CT molecular complexity index is 839. The van der Waals surface area contributed by atoms with Crippen molar-refractivity contribution in [2.45, 2.75) is 37.6 Å². The number of carbonyl (C=O) groups excluding carboxylic acids is 2. The van der Waals surface area contributed by atoms with E-state index < -0.39 is 5.91 Å². The Labute approximate surface area is 150 Å². The third kappa shape index (κ3) is 2.91. The zero-order chi connectivity index (χ0) is 18.1. The number of fused-ring (bicyclic) bond motifs is 2. The average Bonchev–Trinajstić information content (AvgIpc) is 3.27. The predicted molar refractivity (Wildman–Crippen MR) is 92.3 cm³/mol. The van der Waals surface area contributed by atoms with Gasteiger partial charge in [-0.05, 0) is 42.2 Å². The highest BCUT2D eigenvalue weighted by atomic mass is 16.5. The summed E-state index contributed by atoms with van der Waals surface area (Å²) in [6.45, 7) is 1.54. The molecule has 1 aliphatic carbocycles. The molecule has 2 aliphatic rings. The summed E-state index contributed by atoms with van der Waals surface area (Å²) in [5, 5.41) is 6.39. The summed E-state index contributed by atoms with van der Waals surface area (Å²) in [5.41, 5.74) is 8.20. The summed E-state index contributed by atoms with van der Waals surface area (Å²) in [4.78, 5) is 29.0. The molecule has 0 atom stereocenters. The maximum absolute atomic E-state index is 12.4. The molecule has 0 saturated carbocycles. The van der Waals surface area contributed by atoms with Gasteiger partial charge in [-0.1, -0.05) is 29.4 Å². The van der Waals surface area contributed by atoms with Gasteiger partial charge in [0.1, 0.15) is 0 Å². The highest BCUT2D eigenvalue weighted by molar-refractivity contribution is 5.87. The van der Waals surface area contributed by atoms with Gasteiger partial charge in [0.25, 0.3) is 0 Å². The first-order valence-electron chi connectivity index (χ1n) is 8.81. The molecule has 0 bridgehead atoms. The van der Waals surface area contributed by atoms with Crippen LogP contribution >= 0.6 is 0 Å². The minimum atomic E-state index is -0.784. The highest BCUT2D eigenvalue weighted by Crippen LogP contribution is 2.46. The number of rotatable bonds is 3. The third-order valence-corrected chi connectivity index (χ3v) is 5.55. The van der Waals surface area contributed by atoms with E-state index in [0.29, 0.717) is 0 Å². The van der Waals surface area contributed by atoms with Crippen LogP contribution in [0.25, 0.3) is 0 Å². The van der Waals surface area contributed by atoms with Gasteiger partial charge in [-0.2, -0.15) is 4.98 Å². The molecule has 1 spiro atoms. The van der Waals surface area contributed by atoms with Crippen LogP contribution in [0, 0.1) is 0 Å². The van der Waals surface area contributed by atoms with Crippen LogP contribution in [0.3, 0.4) is 0 Å². The number of piperidine rings is 1. The molecule has 1 saturated heterocycles. The second-order valence-electron chi connectivity index (χ2n) is 6.96. The molecule has 8 nitrogen and oxygen atoms in total. The molecule has 2 aromatic rings. The zero-order valence-corrected chi connectivity index (χ0v) is 14.4. The standard InChI is InChI=1S/C18H21N5O3/c19-15(24)16-21-14(22-26-16)11-20-17(25)23-9-7-18(8-10-23)6-5-12-3-1-2-4-13(12)18/h1-4H,5-11H2,(H2,19,24)(H,20,25). The van der Waals surface area contributed by atoms with Crippen LogP contribution in [-0.2, 0) is 18.4 Å². The fourth-order valence-corrected chi connectivity index (χ4v) is 4.11. The molecule has 1 aromatic heterocycles.